The monoisotopic (exact) mass is 320 g/mol. The largest absolute Gasteiger partial charge is 0.465 e. The first kappa shape index (κ1) is 16.5. The van der Waals surface area contributed by atoms with E-state index in [4.69, 9.17) is 9.57 Å². The first-order chi connectivity index (χ1) is 11.0. The van der Waals surface area contributed by atoms with Crippen molar-refractivity contribution in [2.24, 2.45) is 0 Å². The summed E-state index contributed by atoms with van der Waals surface area (Å²) >= 11 is 0. The van der Waals surface area contributed by atoms with Crippen molar-refractivity contribution in [2.75, 3.05) is 18.5 Å². The molecule has 1 aromatic rings. The van der Waals surface area contributed by atoms with E-state index >= 15 is 0 Å². The van der Waals surface area contributed by atoms with E-state index in [1.165, 1.54) is 6.07 Å². The Balaban J connectivity index is 2.06. The van der Waals surface area contributed by atoms with Crippen molar-refractivity contribution in [1.29, 1.82) is 0 Å². The molecule has 1 aliphatic rings. The van der Waals surface area contributed by atoms with Crippen LogP contribution in [-0.4, -0.2) is 42.0 Å². The van der Waals surface area contributed by atoms with Crippen LogP contribution in [0.1, 0.15) is 30.1 Å². The summed E-state index contributed by atoms with van der Waals surface area (Å²) in [5.74, 6) is -2.44. The van der Waals surface area contributed by atoms with Crippen LogP contribution in [0.4, 0.5) is 5.69 Å². The van der Waals surface area contributed by atoms with Crippen molar-refractivity contribution in [3.63, 3.8) is 0 Å². The van der Waals surface area contributed by atoms with Crippen LogP contribution < -0.4 is 5.32 Å². The zero-order chi connectivity index (χ0) is 16.8. The Morgan fingerprint density at radius 1 is 1.17 bits per heavy atom. The summed E-state index contributed by atoms with van der Waals surface area (Å²) in [6.07, 6.45) is 0.0454. The third kappa shape index (κ3) is 4.06. The van der Waals surface area contributed by atoms with E-state index in [2.05, 4.69) is 5.32 Å². The Kier molecular flexibility index (Phi) is 5.29. The van der Waals surface area contributed by atoms with E-state index in [-0.39, 0.29) is 31.6 Å². The Morgan fingerprint density at radius 3 is 2.48 bits per heavy atom. The smallest absolute Gasteiger partial charge is 0.366 e. The highest BCUT2D eigenvalue weighted by atomic mass is 16.7. The summed E-state index contributed by atoms with van der Waals surface area (Å²) in [4.78, 5) is 51.3. The molecule has 1 heterocycles. The molecule has 2 rings (SSSR count). The van der Waals surface area contributed by atoms with Gasteiger partial charge in [-0.2, -0.15) is 0 Å². The third-order valence-corrected chi connectivity index (χ3v) is 3.06. The first-order valence-corrected chi connectivity index (χ1v) is 7.09. The van der Waals surface area contributed by atoms with Gasteiger partial charge in [-0.05, 0) is 19.1 Å². The van der Waals surface area contributed by atoms with Gasteiger partial charge >= 0.3 is 11.9 Å². The number of imide groups is 1. The van der Waals surface area contributed by atoms with Gasteiger partial charge in [-0.3, -0.25) is 14.4 Å². The number of para-hydroxylation sites is 1. The molecule has 0 aromatic heterocycles. The molecule has 0 spiro atoms. The third-order valence-electron chi connectivity index (χ3n) is 3.06. The molecular weight excluding hydrogens is 304 g/mol. The molecule has 0 bridgehead atoms. The molecule has 0 unspecified atom stereocenters. The quantitative estimate of drug-likeness (QED) is 0.613. The number of ether oxygens (including phenoxy) is 1. The van der Waals surface area contributed by atoms with E-state index in [0.29, 0.717) is 10.8 Å². The second-order valence-electron chi connectivity index (χ2n) is 4.66. The van der Waals surface area contributed by atoms with Crippen molar-refractivity contribution >= 4 is 29.4 Å². The lowest BCUT2D eigenvalue weighted by molar-refractivity contribution is -0.172. The molecule has 2 amide bonds. The minimum Gasteiger partial charge on any atom is -0.465 e. The molecule has 1 aliphatic heterocycles. The zero-order valence-electron chi connectivity index (χ0n) is 12.5. The Labute approximate surface area is 132 Å². The maximum atomic E-state index is 12.2. The van der Waals surface area contributed by atoms with Crippen molar-refractivity contribution in [1.82, 2.24) is 5.06 Å². The van der Waals surface area contributed by atoms with E-state index in [1.807, 2.05) is 0 Å². The number of rotatable bonds is 6. The lowest BCUT2D eigenvalue weighted by atomic mass is 10.2. The standard InChI is InChI=1S/C15H16N2O6/c1-2-22-14(20)9-16-11-6-4-3-5-10(11)15(21)23-17-12(18)7-8-13(17)19/h3-6,16H,2,7-9H2,1H3. The van der Waals surface area contributed by atoms with Gasteiger partial charge in [0, 0.05) is 18.5 Å². The summed E-state index contributed by atoms with van der Waals surface area (Å²) in [6, 6.07) is 6.29. The summed E-state index contributed by atoms with van der Waals surface area (Å²) in [7, 11) is 0. The molecule has 0 aliphatic carbocycles. The maximum Gasteiger partial charge on any atom is 0.366 e. The van der Waals surface area contributed by atoms with Crippen LogP contribution in [0.3, 0.4) is 0 Å². The Hall–Kier alpha value is -2.90. The molecular formula is C15H16N2O6. The van der Waals surface area contributed by atoms with Crippen LogP contribution in [0.2, 0.25) is 0 Å². The van der Waals surface area contributed by atoms with E-state index in [1.54, 1.807) is 25.1 Å². The number of hydrogen-bond acceptors (Lipinski definition) is 7. The molecule has 122 valence electrons. The summed E-state index contributed by atoms with van der Waals surface area (Å²) in [5, 5.41) is 3.24. The fourth-order valence-electron chi connectivity index (χ4n) is 1.98. The average molecular weight is 320 g/mol. The molecule has 0 atom stereocenters. The molecule has 8 nitrogen and oxygen atoms in total. The average Bonchev–Trinajstić information content (AvgIpc) is 2.85. The summed E-state index contributed by atoms with van der Waals surface area (Å²) in [5.41, 5.74) is 0.439. The van der Waals surface area contributed by atoms with Crippen LogP contribution in [0.5, 0.6) is 0 Å². The maximum absolute atomic E-state index is 12.2. The molecule has 1 aromatic carbocycles. The lowest BCUT2D eigenvalue weighted by Crippen LogP contribution is -2.32. The number of nitrogens with one attached hydrogen (secondary N) is 1. The predicted molar refractivity (Wildman–Crippen MR) is 78.1 cm³/mol. The zero-order valence-corrected chi connectivity index (χ0v) is 12.5. The Bertz CT molecular complexity index is 627. The highest BCUT2D eigenvalue weighted by Crippen LogP contribution is 2.19. The van der Waals surface area contributed by atoms with Gasteiger partial charge in [0.15, 0.2) is 0 Å². The highest BCUT2D eigenvalue weighted by Gasteiger charge is 2.33. The number of carbonyl (C=O) groups is 4. The van der Waals surface area contributed by atoms with Crippen molar-refractivity contribution in [3.8, 4) is 0 Å². The van der Waals surface area contributed by atoms with E-state index in [9.17, 15) is 19.2 Å². The molecule has 1 N–H and O–H groups in total. The Morgan fingerprint density at radius 2 is 1.83 bits per heavy atom. The number of carbonyl (C=O) groups excluding carboxylic acids is 4. The van der Waals surface area contributed by atoms with E-state index < -0.39 is 23.8 Å². The number of benzene rings is 1. The van der Waals surface area contributed by atoms with E-state index in [0.717, 1.165) is 0 Å². The molecule has 23 heavy (non-hydrogen) atoms. The fraction of sp³-hybridized carbons (Fsp3) is 0.333. The van der Waals surface area contributed by atoms with Crippen molar-refractivity contribution in [2.45, 2.75) is 19.8 Å². The van der Waals surface area contributed by atoms with Gasteiger partial charge in [0.05, 0.1) is 12.2 Å². The van der Waals surface area contributed by atoms with Crippen molar-refractivity contribution < 1.29 is 28.8 Å². The van der Waals surface area contributed by atoms with Gasteiger partial charge in [0.25, 0.3) is 11.8 Å². The van der Waals surface area contributed by atoms with Crippen LogP contribution in [0, 0.1) is 0 Å². The molecule has 0 saturated carbocycles. The molecule has 0 radical (unpaired) electrons. The van der Waals surface area contributed by atoms with Crippen molar-refractivity contribution in [3.05, 3.63) is 29.8 Å². The highest BCUT2D eigenvalue weighted by molar-refractivity contribution is 6.03. The number of esters is 1. The first-order valence-electron chi connectivity index (χ1n) is 7.09. The molecule has 1 saturated heterocycles. The number of hydroxylamine groups is 2. The van der Waals surface area contributed by atoms with Crippen LogP contribution in [0.15, 0.2) is 24.3 Å². The SMILES string of the molecule is CCOC(=O)CNc1ccccc1C(=O)ON1C(=O)CCC1=O. The minimum absolute atomic E-state index is 0.0227. The lowest BCUT2D eigenvalue weighted by Gasteiger charge is -2.15. The normalized spacial score (nSPS) is 13.9. The van der Waals surface area contributed by atoms with Gasteiger partial charge in [-0.15, -0.1) is 5.06 Å². The van der Waals surface area contributed by atoms with Crippen LogP contribution in [-0.2, 0) is 24.0 Å². The fourth-order valence-corrected chi connectivity index (χ4v) is 1.98. The number of amides is 2. The van der Waals surface area contributed by atoms with Gasteiger partial charge in [0.1, 0.15) is 6.54 Å². The predicted octanol–water partition coefficient (Wildman–Crippen LogP) is 0.882. The summed E-state index contributed by atoms with van der Waals surface area (Å²) < 4.78 is 4.78. The molecule has 1 fully saturated rings. The molecule has 8 heteroatoms. The number of nitrogens with zero attached hydrogens (tertiary/aromatic N) is 1. The minimum atomic E-state index is -0.861. The second-order valence-corrected chi connectivity index (χ2v) is 4.66. The van der Waals surface area contributed by atoms with Gasteiger partial charge in [-0.25, -0.2) is 4.79 Å². The number of hydrogen-bond donors (Lipinski definition) is 1. The van der Waals surface area contributed by atoms with Gasteiger partial charge < -0.3 is 14.9 Å². The van der Waals surface area contributed by atoms with Gasteiger partial charge in [-0.1, -0.05) is 12.1 Å². The van der Waals surface area contributed by atoms with Crippen LogP contribution in [0.25, 0.3) is 0 Å². The van der Waals surface area contributed by atoms with Crippen LogP contribution >= 0.6 is 0 Å². The summed E-state index contributed by atoms with van der Waals surface area (Å²) in [6.45, 7) is 1.82. The topological polar surface area (TPSA) is 102 Å². The number of anilines is 1. The van der Waals surface area contributed by atoms with Gasteiger partial charge in [0.2, 0.25) is 0 Å². The second kappa shape index (κ2) is 7.39.